The van der Waals surface area contributed by atoms with E-state index in [2.05, 4.69) is 10.0 Å². The molecule has 0 radical (unpaired) electrons. The molecule has 1 atom stereocenters. The molecule has 180 valence electrons. The van der Waals surface area contributed by atoms with Gasteiger partial charge >= 0.3 is 5.97 Å². The number of esters is 1. The average molecular weight is 498 g/mol. The van der Waals surface area contributed by atoms with Crippen LogP contribution in [0.4, 0.5) is 5.69 Å². The molecule has 0 spiro atoms. The molecule has 0 aromatic heterocycles. The lowest BCUT2D eigenvalue weighted by Gasteiger charge is -2.17. The number of carbonyl (C=O) groups is 2. The summed E-state index contributed by atoms with van der Waals surface area (Å²) in [6.45, 7) is 4.14. The molecule has 0 aliphatic carbocycles. The van der Waals surface area contributed by atoms with E-state index in [9.17, 15) is 26.4 Å². The smallest absolute Gasteiger partial charge is 0.321 e. The summed E-state index contributed by atoms with van der Waals surface area (Å²) in [4.78, 5) is 24.5. The Morgan fingerprint density at radius 1 is 0.970 bits per heavy atom. The molecule has 0 fully saturated rings. The number of rotatable bonds is 9. The standard InChI is InChI=1S/C21H27N3O7S2/c1-14-6-9-17(10-7-14)32(27,28)22-13-20(25)31-16(3)21(26)23-19-12-18(11-8-15(19)2)33(29,30)24(4)5/h6-12,16,22H,13H2,1-5H3,(H,23,26). The molecule has 0 heterocycles. The number of sulfonamides is 2. The molecule has 2 aromatic rings. The van der Waals surface area contributed by atoms with E-state index in [-0.39, 0.29) is 15.5 Å². The van der Waals surface area contributed by atoms with Gasteiger partial charge in [0.1, 0.15) is 6.54 Å². The first kappa shape index (κ1) is 26.5. The van der Waals surface area contributed by atoms with Gasteiger partial charge in [-0.05, 0) is 50.6 Å². The first-order valence-electron chi connectivity index (χ1n) is 9.84. The van der Waals surface area contributed by atoms with Gasteiger partial charge in [-0.25, -0.2) is 21.1 Å². The molecule has 1 unspecified atom stereocenters. The Morgan fingerprint density at radius 2 is 1.55 bits per heavy atom. The van der Waals surface area contributed by atoms with E-state index in [1.807, 2.05) is 6.92 Å². The summed E-state index contributed by atoms with van der Waals surface area (Å²) in [7, 11) is -4.84. The topological polar surface area (TPSA) is 139 Å². The second-order valence-electron chi connectivity index (χ2n) is 7.52. The zero-order valence-electron chi connectivity index (χ0n) is 18.9. The lowest BCUT2D eigenvalue weighted by Crippen LogP contribution is -2.36. The fourth-order valence-electron chi connectivity index (χ4n) is 2.59. The summed E-state index contributed by atoms with van der Waals surface area (Å²) in [5.74, 6) is -1.65. The van der Waals surface area contributed by atoms with E-state index < -0.39 is 44.6 Å². The third-order valence-electron chi connectivity index (χ3n) is 4.66. The van der Waals surface area contributed by atoms with Gasteiger partial charge in [-0.2, -0.15) is 4.72 Å². The van der Waals surface area contributed by atoms with Crippen LogP contribution in [-0.4, -0.2) is 59.8 Å². The van der Waals surface area contributed by atoms with Crippen LogP contribution < -0.4 is 10.0 Å². The van der Waals surface area contributed by atoms with E-state index in [1.165, 1.54) is 45.3 Å². The van der Waals surface area contributed by atoms with Crippen LogP contribution in [0.1, 0.15) is 18.1 Å². The van der Waals surface area contributed by atoms with Gasteiger partial charge in [0.15, 0.2) is 6.10 Å². The molecule has 2 N–H and O–H groups in total. The van der Waals surface area contributed by atoms with E-state index >= 15 is 0 Å². The average Bonchev–Trinajstić information content (AvgIpc) is 2.73. The van der Waals surface area contributed by atoms with Crippen LogP contribution in [0, 0.1) is 13.8 Å². The van der Waals surface area contributed by atoms with E-state index in [0.717, 1.165) is 9.87 Å². The van der Waals surface area contributed by atoms with Crippen molar-refractivity contribution in [2.75, 3.05) is 26.0 Å². The minimum Gasteiger partial charge on any atom is -0.452 e. The van der Waals surface area contributed by atoms with Gasteiger partial charge < -0.3 is 10.1 Å². The maximum Gasteiger partial charge on any atom is 0.321 e. The summed E-state index contributed by atoms with van der Waals surface area (Å²) >= 11 is 0. The van der Waals surface area contributed by atoms with Gasteiger partial charge in [0, 0.05) is 19.8 Å². The normalized spacial score (nSPS) is 12.9. The number of nitrogens with zero attached hydrogens (tertiary/aromatic N) is 1. The Bertz CT molecular complexity index is 1240. The Hall–Kier alpha value is -2.80. The number of hydrogen-bond acceptors (Lipinski definition) is 7. The van der Waals surface area contributed by atoms with Crippen LogP contribution in [0.3, 0.4) is 0 Å². The Kier molecular flexibility index (Phi) is 8.36. The van der Waals surface area contributed by atoms with Crippen LogP contribution >= 0.6 is 0 Å². The number of carbonyl (C=O) groups excluding carboxylic acids is 2. The number of hydrogen-bond donors (Lipinski definition) is 2. The second kappa shape index (κ2) is 10.4. The van der Waals surface area contributed by atoms with Crippen molar-refractivity contribution in [3.63, 3.8) is 0 Å². The van der Waals surface area contributed by atoms with Crippen molar-refractivity contribution < 1.29 is 31.2 Å². The summed E-state index contributed by atoms with van der Waals surface area (Å²) in [5, 5.41) is 2.53. The molecule has 2 rings (SSSR count). The molecule has 12 heteroatoms. The van der Waals surface area contributed by atoms with Crippen molar-refractivity contribution in [2.45, 2.75) is 36.7 Å². The number of ether oxygens (including phenoxy) is 1. The molecule has 33 heavy (non-hydrogen) atoms. The quantitative estimate of drug-likeness (QED) is 0.499. The highest BCUT2D eigenvalue weighted by molar-refractivity contribution is 7.89. The highest BCUT2D eigenvalue weighted by Gasteiger charge is 2.23. The molecular weight excluding hydrogens is 470 g/mol. The van der Waals surface area contributed by atoms with E-state index in [4.69, 9.17) is 4.74 Å². The third kappa shape index (κ3) is 6.84. The number of anilines is 1. The predicted molar refractivity (Wildman–Crippen MR) is 123 cm³/mol. The van der Waals surface area contributed by atoms with Gasteiger partial charge in [-0.1, -0.05) is 23.8 Å². The van der Waals surface area contributed by atoms with Gasteiger partial charge in [0.25, 0.3) is 5.91 Å². The second-order valence-corrected chi connectivity index (χ2v) is 11.4. The largest absolute Gasteiger partial charge is 0.452 e. The van der Waals surface area contributed by atoms with Gasteiger partial charge in [-0.15, -0.1) is 0 Å². The van der Waals surface area contributed by atoms with Crippen molar-refractivity contribution in [1.82, 2.24) is 9.03 Å². The van der Waals surface area contributed by atoms with Crippen molar-refractivity contribution in [1.29, 1.82) is 0 Å². The Morgan fingerprint density at radius 3 is 2.12 bits per heavy atom. The van der Waals surface area contributed by atoms with Crippen LogP contribution in [0.15, 0.2) is 52.3 Å². The lowest BCUT2D eigenvalue weighted by molar-refractivity contribution is -0.151. The van der Waals surface area contributed by atoms with Crippen LogP contribution in [0.5, 0.6) is 0 Å². The predicted octanol–water partition coefficient (Wildman–Crippen LogP) is 1.40. The zero-order valence-corrected chi connectivity index (χ0v) is 20.6. The summed E-state index contributed by atoms with van der Waals surface area (Å²) in [6, 6.07) is 10.3. The highest BCUT2D eigenvalue weighted by atomic mass is 32.2. The number of aryl methyl sites for hydroxylation is 2. The first-order valence-corrected chi connectivity index (χ1v) is 12.8. The van der Waals surface area contributed by atoms with Crippen molar-refractivity contribution in [3.8, 4) is 0 Å². The molecule has 0 aliphatic heterocycles. The fourth-order valence-corrected chi connectivity index (χ4v) is 4.49. The minimum atomic E-state index is -3.92. The van der Waals surface area contributed by atoms with Gasteiger partial charge in [0.05, 0.1) is 9.79 Å². The van der Waals surface area contributed by atoms with Gasteiger partial charge in [-0.3, -0.25) is 9.59 Å². The Balaban J connectivity index is 2.00. The molecule has 0 aliphatic rings. The van der Waals surface area contributed by atoms with E-state index in [1.54, 1.807) is 25.1 Å². The third-order valence-corrected chi connectivity index (χ3v) is 7.89. The fraction of sp³-hybridized carbons (Fsp3) is 0.333. The van der Waals surface area contributed by atoms with Crippen molar-refractivity contribution in [3.05, 3.63) is 53.6 Å². The maximum atomic E-state index is 12.5. The van der Waals surface area contributed by atoms with Gasteiger partial charge in [0.2, 0.25) is 20.0 Å². The van der Waals surface area contributed by atoms with Crippen molar-refractivity contribution >= 4 is 37.6 Å². The number of nitrogens with one attached hydrogen (secondary N) is 2. The number of benzene rings is 2. The molecule has 1 amide bonds. The first-order chi connectivity index (χ1) is 15.2. The van der Waals surface area contributed by atoms with Crippen LogP contribution in [0.2, 0.25) is 0 Å². The van der Waals surface area contributed by atoms with Crippen molar-refractivity contribution in [2.24, 2.45) is 0 Å². The summed E-state index contributed by atoms with van der Waals surface area (Å²) in [6.07, 6.45) is -1.25. The number of amides is 1. The zero-order chi connectivity index (χ0) is 25.0. The Labute approximate surface area is 194 Å². The minimum absolute atomic E-state index is 0.00488. The van der Waals surface area contributed by atoms with E-state index in [0.29, 0.717) is 5.56 Å². The monoisotopic (exact) mass is 497 g/mol. The summed E-state index contributed by atoms with van der Waals surface area (Å²) in [5.41, 5.74) is 1.73. The highest BCUT2D eigenvalue weighted by Crippen LogP contribution is 2.22. The SMILES string of the molecule is Cc1ccc(S(=O)(=O)NCC(=O)OC(C)C(=O)Nc2cc(S(=O)(=O)N(C)C)ccc2C)cc1. The summed E-state index contributed by atoms with van der Waals surface area (Å²) < 4.78 is 57.3. The maximum absolute atomic E-state index is 12.5. The molecule has 0 saturated carbocycles. The molecule has 10 nitrogen and oxygen atoms in total. The van der Waals surface area contributed by atoms with Crippen LogP contribution in [0.25, 0.3) is 0 Å². The lowest BCUT2D eigenvalue weighted by atomic mass is 10.2. The molecule has 2 aromatic carbocycles. The van der Waals surface area contributed by atoms with Crippen LogP contribution in [-0.2, 0) is 34.4 Å². The molecule has 0 bridgehead atoms. The molecule has 0 saturated heterocycles. The molecular formula is C21H27N3O7S2.